The molecule has 0 atom stereocenters. The lowest BCUT2D eigenvalue weighted by atomic mass is 9.93. The number of esters is 1. The molecule has 0 aliphatic carbocycles. The van der Waals surface area contributed by atoms with Crippen LogP contribution < -0.4 is 0 Å². The highest BCUT2D eigenvalue weighted by atomic mass is 32.2. The van der Waals surface area contributed by atoms with Gasteiger partial charge < -0.3 is 9.84 Å². The van der Waals surface area contributed by atoms with Gasteiger partial charge in [-0.05, 0) is 5.41 Å². The summed E-state index contributed by atoms with van der Waals surface area (Å²) in [6, 6.07) is 0. The number of carboxylic acid groups (broad SMARTS) is 1. The number of rotatable bonds is 2. The Bertz CT molecular complexity index is 344. The van der Waals surface area contributed by atoms with Crippen molar-refractivity contribution in [3.05, 3.63) is 12.7 Å². The maximum absolute atomic E-state index is 11.3. The number of aliphatic carboxylic acids is 1. The summed E-state index contributed by atoms with van der Waals surface area (Å²) in [5.74, 6) is -0.233. The first kappa shape index (κ1) is 16.7. The summed E-state index contributed by atoms with van der Waals surface area (Å²) < 4.78 is 5.06. The van der Waals surface area contributed by atoms with Gasteiger partial charge in [-0.3, -0.25) is 4.79 Å². The Balaban J connectivity index is 0.000000494. The van der Waals surface area contributed by atoms with Crippen molar-refractivity contribution in [3.63, 3.8) is 0 Å². The van der Waals surface area contributed by atoms with Gasteiger partial charge in [0, 0.05) is 11.8 Å². The molecule has 0 unspecified atom stereocenters. The minimum atomic E-state index is -0.981. The molecule has 1 N–H and O–H groups in total. The van der Waals surface area contributed by atoms with Crippen LogP contribution in [0.1, 0.15) is 27.2 Å². The Morgan fingerprint density at radius 2 is 2.11 bits per heavy atom. The van der Waals surface area contributed by atoms with Crippen molar-refractivity contribution in [1.82, 2.24) is 0 Å². The fourth-order valence-corrected chi connectivity index (χ4v) is 1.64. The molecule has 1 heterocycles. The number of thioether (sulfide) groups is 1. The minimum Gasteiger partial charge on any atom is -0.478 e. The topological polar surface area (TPSA) is 76.0 Å². The van der Waals surface area contributed by atoms with Crippen LogP contribution in [0.4, 0.5) is 0 Å². The molecule has 1 rings (SSSR count). The van der Waals surface area contributed by atoms with E-state index in [4.69, 9.17) is 9.84 Å². The van der Waals surface area contributed by atoms with Gasteiger partial charge in [-0.1, -0.05) is 39.1 Å². The van der Waals surface area contributed by atoms with Crippen LogP contribution in [0.5, 0.6) is 0 Å². The quantitative estimate of drug-likeness (QED) is 0.617. The number of aliphatic imine (C=N–C) groups is 1. The second-order valence-electron chi connectivity index (χ2n) is 4.75. The van der Waals surface area contributed by atoms with Crippen LogP contribution in [0, 0.1) is 5.41 Å². The van der Waals surface area contributed by atoms with Crippen molar-refractivity contribution < 1.29 is 19.4 Å². The molecule has 6 heteroatoms. The van der Waals surface area contributed by atoms with Gasteiger partial charge in [-0.15, -0.1) is 0 Å². The summed E-state index contributed by atoms with van der Waals surface area (Å²) in [5.41, 5.74) is -0.0130. The molecule has 1 aliphatic rings. The number of ether oxygens (including phenoxy) is 1. The number of carboxylic acids is 1. The molecule has 102 valence electrons. The van der Waals surface area contributed by atoms with Crippen LogP contribution in [0.2, 0.25) is 0 Å². The molecule has 1 aliphatic heterocycles. The number of carbonyl (C=O) groups is 2. The van der Waals surface area contributed by atoms with Crippen LogP contribution >= 0.6 is 11.8 Å². The van der Waals surface area contributed by atoms with Crippen molar-refractivity contribution in [2.75, 3.05) is 12.3 Å². The van der Waals surface area contributed by atoms with E-state index in [2.05, 4.69) is 11.6 Å². The first-order valence-electron chi connectivity index (χ1n) is 5.48. The summed E-state index contributed by atoms with van der Waals surface area (Å²) in [4.78, 5) is 24.6. The van der Waals surface area contributed by atoms with Crippen LogP contribution in [-0.4, -0.2) is 34.6 Å². The predicted molar refractivity (Wildman–Crippen MR) is 72.8 cm³/mol. The lowest BCUT2D eigenvalue weighted by Gasteiger charge is -2.15. The fraction of sp³-hybridized carbons (Fsp3) is 0.583. The van der Waals surface area contributed by atoms with Gasteiger partial charge >= 0.3 is 11.9 Å². The molecule has 0 spiro atoms. The summed E-state index contributed by atoms with van der Waals surface area (Å²) in [6.07, 6.45) is 1.27. The average Bonchev–Trinajstić information content (AvgIpc) is 2.68. The second kappa shape index (κ2) is 7.92. The van der Waals surface area contributed by atoms with E-state index in [1.807, 2.05) is 20.8 Å². The molecule has 0 fully saturated rings. The number of nitrogens with zero attached hydrogens (tertiary/aromatic N) is 1. The van der Waals surface area contributed by atoms with E-state index in [9.17, 15) is 9.59 Å². The monoisotopic (exact) mass is 273 g/mol. The van der Waals surface area contributed by atoms with Crippen molar-refractivity contribution in [1.29, 1.82) is 0 Å². The third kappa shape index (κ3) is 9.89. The predicted octanol–water partition coefficient (Wildman–Crippen LogP) is 2.33. The lowest BCUT2D eigenvalue weighted by Crippen LogP contribution is -2.16. The average molecular weight is 273 g/mol. The fourth-order valence-electron chi connectivity index (χ4n) is 0.944. The van der Waals surface area contributed by atoms with E-state index < -0.39 is 5.97 Å². The zero-order chi connectivity index (χ0) is 14.2. The first-order chi connectivity index (χ1) is 8.24. The molecule has 0 amide bonds. The van der Waals surface area contributed by atoms with Crippen LogP contribution in [0.25, 0.3) is 0 Å². The van der Waals surface area contributed by atoms with Gasteiger partial charge in [-0.25, -0.2) is 9.79 Å². The van der Waals surface area contributed by atoms with Crippen LogP contribution in [0.3, 0.4) is 0 Å². The van der Waals surface area contributed by atoms with E-state index in [-0.39, 0.29) is 11.4 Å². The van der Waals surface area contributed by atoms with Gasteiger partial charge in [0.15, 0.2) is 0 Å². The molecule has 0 saturated carbocycles. The Morgan fingerprint density at radius 1 is 1.56 bits per heavy atom. The molecule has 0 aromatic rings. The molecule has 5 nitrogen and oxygen atoms in total. The van der Waals surface area contributed by atoms with E-state index in [0.29, 0.717) is 11.7 Å². The Kier molecular flexibility index (Phi) is 7.35. The van der Waals surface area contributed by atoms with Crippen molar-refractivity contribution in [3.8, 4) is 0 Å². The van der Waals surface area contributed by atoms with Gasteiger partial charge in [0.25, 0.3) is 5.23 Å². The van der Waals surface area contributed by atoms with Crippen LogP contribution in [-0.2, 0) is 14.3 Å². The lowest BCUT2D eigenvalue weighted by molar-refractivity contribution is -0.137. The van der Waals surface area contributed by atoms with Crippen molar-refractivity contribution in [2.45, 2.75) is 27.2 Å². The Hall–Kier alpha value is -1.30. The van der Waals surface area contributed by atoms with Crippen molar-refractivity contribution >= 4 is 28.9 Å². The van der Waals surface area contributed by atoms with Crippen LogP contribution in [0.15, 0.2) is 17.6 Å². The third-order valence-corrected chi connectivity index (χ3v) is 2.45. The third-order valence-electron chi connectivity index (χ3n) is 1.61. The van der Waals surface area contributed by atoms with E-state index in [1.165, 1.54) is 11.8 Å². The highest BCUT2D eigenvalue weighted by Gasteiger charge is 2.20. The zero-order valence-corrected chi connectivity index (χ0v) is 11.7. The molecule has 18 heavy (non-hydrogen) atoms. The summed E-state index contributed by atoms with van der Waals surface area (Å²) in [7, 11) is 0. The highest BCUT2D eigenvalue weighted by Crippen LogP contribution is 2.20. The normalized spacial score (nSPS) is 14.1. The van der Waals surface area contributed by atoms with Crippen molar-refractivity contribution in [2.24, 2.45) is 10.4 Å². The molecule has 0 aromatic carbocycles. The summed E-state index contributed by atoms with van der Waals surface area (Å²) >= 11 is 1.50. The molecule has 0 saturated heterocycles. The largest absolute Gasteiger partial charge is 0.478 e. The molecule has 0 radical (unpaired) electrons. The van der Waals surface area contributed by atoms with Gasteiger partial charge in [0.1, 0.15) is 0 Å². The SMILES string of the molecule is C=CC(=O)O.CC(C)(C)CC(=O)OC1=NCCS1. The maximum Gasteiger partial charge on any atom is 0.327 e. The summed E-state index contributed by atoms with van der Waals surface area (Å²) in [6.45, 7) is 9.76. The second-order valence-corrected chi connectivity index (χ2v) is 5.80. The smallest absolute Gasteiger partial charge is 0.327 e. The number of hydrogen-bond acceptors (Lipinski definition) is 5. The Labute approximate surface area is 111 Å². The minimum absolute atomic E-state index is 0.0130. The van der Waals surface area contributed by atoms with Gasteiger partial charge in [0.05, 0.1) is 13.0 Å². The van der Waals surface area contributed by atoms with Gasteiger partial charge in [-0.2, -0.15) is 0 Å². The molecule has 0 bridgehead atoms. The van der Waals surface area contributed by atoms with E-state index in [1.54, 1.807) is 0 Å². The van der Waals surface area contributed by atoms with E-state index in [0.717, 1.165) is 18.4 Å². The Morgan fingerprint density at radius 3 is 2.44 bits per heavy atom. The highest BCUT2D eigenvalue weighted by molar-refractivity contribution is 8.13. The first-order valence-corrected chi connectivity index (χ1v) is 6.46. The molecular weight excluding hydrogens is 254 g/mol. The standard InChI is InChI=1S/C9H15NO2S.C3H4O2/c1-9(2,3)6-7(11)12-8-10-4-5-13-8;1-2-3(4)5/h4-6H2,1-3H3;2H,1H2,(H,4,5). The number of carbonyl (C=O) groups excluding carboxylic acids is 1. The van der Waals surface area contributed by atoms with E-state index >= 15 is 0 Å². The maximum atomic E-state index is 11.3. The summed E-state index contributed by atoms with van der Waals surface area (Å²) in [5, 5.41) is 8.14. The molecule has 0 aromatic heterocycles. The number of hydrogen-bond donors (Lipinski definition) is 1. The molecular formula is C12H19NO4S. The zero-order valence-electron chi connectivity index (χ0n) is 10.9. The van der Waals surface area contributed by atoms with Gasteiger partial charge in [0.2, 0.25) is 0 Å².